The first-order chi connectivity index (χ1) is 10.8. The average Bonchev–Trinajstić information content (AvgIpc) is 2.52. The number of nitrogens with one attached hydrogen (secondary N) is 1. The van der Waals surface area contributed by atoms with Gasteiger partial charge in [-0.25, -0.2) is 17.5 Å². The van der Waals surface area contributed by atoms with Crippen LogP contribution in [0.1, 0.15) is 25.7 Å². The molecular weight excluding hydrogens is 316 g/mol. The fourth-order valence-corrected chi connectivity index (χ4v) is 4.22. The molecule has 0 aliphatic carbocycles. The Hall–Kier alpha value is -0.860. The fourth-order valence-electron chi connectivity index (χ4n) is 3.35. The number of likely N-dealkylation sites (tertiary alicyclic amines) is 1. The molecule has 1 atom stereocenters. The first-order valence-electron chi connectivity index (χ1n) is 8.41. The lowest BCUT2D eigenvalue weighted by atomic mass is 9.98. The Morgan fingerprint density at radius 2 is 1.83 bits per heavy atom. The van der Waals surface area contributed by atoms with Gasteiger partial charge >= 0.3 is 6.03 Å². The van der Waals surface area contributed by atoms with Crippen molar-refractivity contribution in [3.05, 3.63) is 0 Å². The molecule has 0 spiro atoms. The van der Waals surface area contributed by atoms with Gasteiger partial charge in [0.15, 0.2) is 0 Å². The molecule has 2 saturated heterocycles. The molecule has 2 aliphatic rings. The number of hydrogen-bond acceptors (Lipinski definition) is 4. The zero-order valence-electron chi connectivity index (χ0n) is 14.5. The van der Waals surface area contributed by atoms with Crippen LogP contribution in [-0.2, 0) is 10.0 Å². The summed E-state index contributed by atoms with van der Waals surface area (Å²) in [6.45, 7) is 3.37. The van der Waals surface area contributed by atoms with Crippen LogP contribution in [0.4, 0.5) is 4.79 Å². The Labute approximate surface area is 140 Å². The van der Waals surface area contributed by atoms with Gasteiger partial charge in [-0.2, -0.15) is 0 Å². The van der Waals surface area contributed by atoms with Crippen molar-refractivity contribution in [2.45, 2.75) is 31.7 Å². The maximum absolute atomic E-state index is 12.3. The number of piperidine rings is 2. The van der Waals surface area contributed by atoms with Gasteiger partial charge in [0.2, 0.25) is 10.0 Å². The van der Waals surface area contributed by atoms with Crippen LogP contribution in [0.5, 0.6) is 0 Å². The van der Waals surface area contributed by atoms with Crippen LogP contribution < -0.4 is 5.32 Å². The summed E-state index contributed by atoms with van der Waals surface area (Å²) < 4.78 is 24.5. The third kappa shape index (κ3) is 5.32. The van der Waals surface area contributed by atoms with Crippen LogP contribution in [0.25, 0.3) is 0 Å². The number of carbonyl (C=O) groups is 1. The standard InChI is InChI=1S/C15H30N4O3S/c1-17(2)14-5-4-8-18(12-14)15(20)16-11-13-6-9-19(10-7-13)23(3,21)22/h13-14H,4-12H2,1-3H3,(H,16,20)/t14-/m0/s1. The number of hydrogen-bond donors (Lipinski definition) is 1. The summed E-state index contributed by atoms with van der Waals surface area (Å²) >= 11 is 0. The van der Waals surface area contributed by atoms with Crippen molar-refractivity contribution >= 4 is 16.1 Å². The molecule has 23 heavy (non-hydrogen) atoms. The van der Waals surface area contributed by atoms with E-state index in [2.05, 4.69) is 24.3 Å². The van der Waals surface area contributed by atoms with Gasteiger partial charge < -0.3 is 15.1 Å². The van der Waals surface area contributed by atoms with Crippen molar-refractivity contribution in [2.24, 2.45) is 5.92 Å². The van der Waals surface area contributed by atoms with Crippen molar-refractivity contribution < 1.29 is 13.2 Å². The molecule has 0 aromatic heterocycles. The highest BCUT2D eigenvalue weighted by atomic mass is 32.2. The molecule has 2 amide bonds. The minimum absolute atomic E-state index is 0.0158. The lowest BCUT2D eigenvalue weighted by Gasteiger charge is -2.36. The van der Waals surface area contributed by atoms with Crippen LogP contribution in [0, 0.1) is 5.92 Å². The molecular formula is C15H30N4O3S. The van der Waals surface area contributed by atoms with Gasteiger partial charge in [0.05, 0.1) is 6.26 Å². The van der Waals surface area contributed by atoms with Gasteiger partial charge in [-0.1, -0.05) is 0 Å². The lowest BCUT2D eigenvalue weighted by molar-refractivity contribution is 0.138. The topological polar surface area (TPSA) is 73.0 Å². The molecule has 1 N–H and O–H groups in total. The van der Waals surface area contributed by atoms with Gasteiger partial charge in [0.1, 0.15) is 0 Å². The number of carbonyl (C=O) groups excluding carboxylic acids is 1. The smallest absolute Gasteiger partial charge is 0.317 e. The van der Waals surface area contributed by atoms with Crippen molar-refractivity contribution in [3.63, 3.8) is 0 Å². The van der Waals surface area contributed by atoms with Crippen LogP contribution in [-0.4, -0.2) is 87.7 Å². The van der Waals surface area contributed by atoms with E-state index in [1.807, 2.05) is 4.90 Å². The summed E-state index contributed by atoms with van der Waals surface area (Å²) in [6.07, 6.45) is 5.07. The van der Waals surface area contributed by atoms with Crippen LogP contribution in [0.3, 0.4) is 0 Å². The lowest BCUT2D eigenvalue weighted by Crippen LogP contribution is -2.51. The number of sulfonamides is 1. The van der Waals surface area contributed by atoms with Crippen molar-refractivity contribution in [3.8, 4) is 0 Å². The summed E-state index contributed by atoms with van der Waals surface area (Å²) in [7, 11) is 1.04. The molecule has 8 heteroatoms. The monoisotopic (exact) mass is 346 g/mol. The molecule has 0 radical (unpaired) electrons. The maximum Gasteiger partial charge on any atom is 0.317 e. The predicted molar refractivity (Wildman–Crippen MR) is 90.8 cm³/mol. The van der Waals surface area contributed by atoms with Gasteiger partial charge in [-0.3, -0.25) is 0 Å². The summed E-state index contributed by atoms with van der Waals surface area (Å²) in [5.41, 5.74) is 0. The molecule has 2 heterocycles. The van der Waals surface area contributed by atoms with Crippen molar-refractivity contribution in [1.82, 2.24) is 19.4 Å². The van der Waals surface area contributed by atoms with Gasteiger partial charge in [-0.15, -0.1) is 0 Å². The van der Waals surface area contributed by atoms with Gasteiger partial charge in [0.25, 0.3) is 0 Å². The molecule has 0 aromatic carbocycles. The highest BCUT2D eigenvalue weighted by molar-refractivity contribution is 7.88. The number of amides is 2. The van der Waals surface area contributed by atoms with E-state index in [0.717, 1.165) is 38.8 Å². The third-order valence-electron chi connectivity index (χ3n) is 5.00. The van der Waals surface area contributed by atoms with E-state index in [0.29, 0.717) is 31.6 Å². The van der Waals surface area contributed by atoms with E-state index in [4.69, 9.17) is 0 Å². The molecule has 134 valence electrons. The third-order valence-corrected chi connectivity index (χ3v) is 6.30. The average molecular weight is 346 g/mol. The van der Waals surface area contributed by atoms with Crippen LogP contribution in [0.2, 0.25) is 0 Å². The zero-order valence-corrected chi connectivity index (χ0v) is 15.3. The quantitative estimate of drug-likeness (QED) is 0.799. The minimum Gasteiger partial charge on any atom is -0.338 e. The van der Waals surface area contributed by atoms with Crippen LogP contribution in [0.15, 0.2) is 0 Å². The summed E-state index contributed by atoms with van der Waals surface area (Å²) in [5.74, 6) is 0.367. The second-order valence-corrected chi connectivity index (χ2v) is 8.98. The summed E-state index contributed by atoms with van der Waals surface area (Å²) in [6, 6.07) is 0.453. The maximum atomic E-state index is 12.3. The second-order valence-electron chi connectivity index (χ2n) is 7.00. The fraction of sp³-hybridized carbons (Fsp3) is 0.933. The number of likely N-dealkylation sites (N-methyl/N-ethyl adjacent to an activating group) is 1. The van der Waals surface area contributed by atoms with Crippen LogP contribution >= 0.6 is 0 Å². The second kappa shape index (κ2) is 7.81. The van der Waals surface area contributed by atoms with Crippen molar-refractivity contribution in [2.75, 3.05) is 53.1 Å². The SMILES string of the molecule is CN(C)[C@H]1CCCN(C(=O)NCC2CCN(S(C)(=O)=O)CC2)C1. The molecule has 2 aliphatic heterocycles. The molecule has 0 saturated carbocycles. The highest BCUT2D eigenvalue weighted by Crippen LogP contribution is 2.19. The first kappa shape index (κ1) is 18.5. The van der Waals surface area contributed by atoms with Gasteiger partial charge in [-0.05, 0) is 45.7 Å². The molecule has 0 unspecified atom stereocenters. The number of urea groups is 1. The zero-order chi connectivity index (χ0) is 17.0. The van der Waals surface area contributed by atoms with E-state index in [-0.39, 0.29) is 6.03 Å². The predicted octanol–water partition coefficient (Wildman–Crippen LogP) is 0.394. The molecule has 7 nitrogen and oxygen atoms in total. The Morgan fingerprint density at radius 1 is 1.17 bits per heavy atom. The molecule has 2 rings (SSSR count). The first-order valence-corrected chi connectivity index (χ1v) is 10.3. The minimum atomic E-state index is -3.08. The molecule has 2 fully saturated rings. The Morgan fingerprint density at radius 3 is 2.39 bits per heavy atom. The number of nitrogens with zero attached hydrogens (tertiary/aromatic N) is 3. The Bertz CT molecular complexity index is 501. The molecule has 0 bridgehead atoms. The Kier molecular flexibility index (Phi) is 6.27. The summed E-state index contributed by atoms with van der Waals surface area (Å²) in [5, 5.41) is 3.04. The molecule has 0 aromatic rings. The largest absolute Gasteiger partial charge is 0.338 e. The number of rotatable bonds is 4. The summed E-state index contributed by atoms with van der Waals surface area (Å²) in [4.78, 5) is 16.4. The Balaban J connectivity index is 1.73. The van der Waals surface area contributed by atoms with Crippen molar-refractivity contribution in [1.29, 1.82) is 0 Å². The highest BCUT2D eigenvalue weighted by Gasteiger charge is 2.27. The van der Waals surface area contributed by atoms with Gasteiger partial charge in [0, 0.05) is 38.8 Å². The normalized spacial score (nSPS) is 24.9. The van der Waals surface area contributed by atoms with E-state index in [1.54, 1.807) is 0 Å². The van der Waals surface area contributed by atoms with E-state index in [9.17, 15) is 13.2 Å². The van der Waals surface area contributed by atoms with E-state index >= 15 is 0 Å². The van der Waals surface area contributed by atoms with E-state index in [1.165, 1.54) is 10.6 Å². The van der Waals surface area contributed by atoms with E-state index < -0.39 is 10.0 Å².